The van der Waals surface area contributed by atoms with Crippen molar-refractivity contribution in [3.63, 3.8) is 0 Å². The van der Waals surface area contributed by atoms with Gasteiger partial charge in [-0.05, 0) is 26.5 Å². The SMILES string of the molecule is Cc1nn(C)c(C)c1CC(=O)N1CCN(C)CC1c1ccccc1. The average molecular weight is 326 g/mol. The average Bonchev–Trinajstić information content (AvgIpc) is 2.81. The summed E-state index contributed by atoms with van der Waals surface area (Å²) >= 11 is 0. The summed E-state index contributed by atoms with van der Waals surface area (Å²) in [7, 11) is 4.05. The maximum Gasteiger partial charge on any atom is 0.227 e. The first kappa shape index (κ1) is 16.7. The van der Waals surface area contributed by atoms with Gasteiger partial charge in [0.2, 0.25) is 5.91 Å². The number of piperazine rings is 1. The van der Waals surface area contributed by atoms with Crippen LogP contribution in [0.5, 0.6) is 0 Å². The monoisotopic (exact) mass is 326 g/mol. The second kappa shape index (κ2) is 6.77. The van der Waals surface area contributed by atoms with Crippen LogP contribution in [0.3, 0.4) is 0 Å². The molecule has 1 amide bonds. The van der Waals surface area contributed by atoms with Crippen molar-refractivity contribution in [3.8, 4) is 0 Å². The first-order valence-electron chi connectivity index (χ1n) is 8.49. The van der Waals surface area contributed by atoms with Gasteiger partial charge in [0.25, 0.3) is 0 Å². The molecule has 128 valence electrons. The van der Waals surface area contributed by atoms with Gasteiger partial charge < -0.3 is 9.80 Å². The Kier molecular flexibility index (Phi) is 4.71. The molecule has 0 N–H and O–H groups in total. The standard InChI is InChI=1S/C19H26N4O/c1-14-17(15(2)22(4)20-14)12-19(24)23-11-10-21(3)13-18(23)16-8-6-5-7-9-16/h5-9,18H,10-13H2,1-4H3. The Morgan fingerprint density at radius 2 is 1.88 bits per heavy atom. The molecule has 1 aromatic carbocycles. The van der Waals surface area contributed by atoms with Crippen molar-refractivity contribution in [1.29, 1.82) is 0 Å². The van der Waals surface area contributed by atoms with Gasteiger partial charge in [-0.15, -0.1) is 0 Å². The van der Waals surface area contributed by atoms with Gasteiger partial charge in [0.15, 0.2) is 0 Å². The molecule has 1 saturated heterocycles. The van der Waals surface area contributed by atoms with Crippen LogP contribution in [0, 0.1) is 13.8 Å². The fourth-order valence-electron chi connectivity index (χ4n) is 3.50. The number of aryl methyl sites for hydroxylation is 2. The quantitative estimate of drug-likeness (QED) is 0.867. The molecule has 2 aromatic rings. The Morgan fingerprint density at radius 1 is 1.17 bits per heavy atom. The van der Waals surface area contributed by atoms with Gasteiger partial charge in [-0.1, -0.05) is 30.3 Å². The molecule has 1 fully saturated rings. The molecule has 1 aromatic heterocycles. The Bertz CT molecular complexity index is 722. The second-order valence-electron chi connectivity index (χ2n) is 6.73. The number of amides is 1. The Labute approximate surface area is 143 Å². The zero-order valence-electron chi connectivity index (χ0n) is 15.0. The van der Waals surface area contributed by atoms with Crippen molar-refractivity contribution in [2.24, 2.45) is 7.05 Å². The van der Waals surface area contributed by atoms with Gasteiger partial charge in [-0.3, -0.25) is 9.48 Å². The molecular weight excluding hydrogens is 300 g/mol. The number of carbonyl (C=O) groups is 1. The van der Waals surface area contributed by atoms with Crippen molar-refractivity contribution < 1.29 is 4.79 Å². The summed E-state index contributed by atoms with van der Waals surface area (Å²) in [6, 6.07) is 10.5. The minimum Gasteiger partial charge on any atom is -0.333 e. The number of likely N-dealkylation sites (N-methyl/N-ethyl adjacent to an activating group) is 1. The number of hydrogen-bond acceptors (Lipinski definition) is 3. The lowest BCUT2D eigenvalue weighted by molar-refractivity contribution is -0.135. The van der Waals surface area contributed by atoms with Crippen LogP contribution in [-0.2, 0) is 18.3 Å². The van der Waals surface area contributed by atoms with E-state index in [9.17, 15) is 4.79 Å². The summed E-state index contributed by atoms with van der Waals surface area (Å²) < 4.78 is 1.86. The van der Waals surface area contributed by atoms with Gasteiger partial charge in [-0.2, -0.15) is 5.10 Å². The molecule has 0 radical (unpaired) electrons. The third kappa shape index (κ3) is 3.22. The first-order valence-corrected chi connectivity index (χ1v) is 8.49. The van der Waals surface area contributed by atoms with E-state index in [-0.39, 0.29) is 11.9 Å². The van der Waals surface area contributed by atoms with Crippen LogP contribution in [0.4, 0.5) is 0 Å². The summed E-state index contributed by atoms with van der Waals surface area (Å²) in [6.07, 6.45) is 0.429. The van der Waals surface area contributed by atoms with Gasteiger partial charge in [0.05, 0.1) is 18.2 Å². The number of carbonyl (C=O) groups excluding carboxylic acids is 1. The van der Waals surface area contributed by atoms with Crippen molar-refractivity contribution in [2.75, 3.05) is 26.7 Å². The number of aromatic nitrogens is 2. The van der Waals surface area contributed by atoms with Crippen molar-refractivity contribution >= 4 is 5.91 Å². The van der Waals surface area contributed by atoms with Crippen LogP contribution in [-0.4, -0.2) is 52.2 Å². The van der Waals surface area contributed by atoms with Gasteiger partial charge in [0.1, 0.15) is 0 Å². The summed E-state index contributed by atoms with van der Waals surface area (Å²) in [5, 5.41) is 4.44. The maximum atomic E-state index is 13.0. The summed E-state index contributed by atoms with van der Waals surface area (Å²) in [5.41, 5.74) is 4.30. The Hall–Kier alpha value is -2.14. The molecular formula is C19H26N4O. The summed E-state index contributed by atoms with van der Waals surface area (Å²) in [4.78, 5) is 17.4. The summed E-state index contributed by atoms with van der Waals surface area (Å²) in [6.45, 7) is 6.57. The third-order valence-corrected chi connectivity index (χ3v) is 5.08. The van der Waals surface area contributed by atoms with Gasteiger partial charge >= 0.3 is 0 Å². The minimum absolute atomic E-state index is 0.120. The van der Waals surface area contributed by atoms with Crippen molar-refractivity contribution in [1.82, 2.24) is 19.6 Å². The van der Waals surface area contributed by atoms with E-state index in [0.717, 1.165) is 36.6 Å². The van der Waals surface area contributed by atoms with Crippen molar-refractivity contribution in [3.05, 3.63) is 52.8 Å². The van der Waals surface area contributed by atoms with E-state index in [2.05, 4.69) is 29.2 Å². The molecule has 1 unspecified atom stereocenters. The highest BCUT2D eigenvalue weighted by Crippen LogP contribution is 2.26. The number of rotatable bonds is 3. The molecule has 0 saturated carbocycles. The van der Waals surface area contributed by atoms with E-state index < -0.39 is 0 Å². The predicted molar refractivity (Wildman–Crippen MR) is 94.8 cm³/mol. The van der Waals surface area contributed by atoms with E-state index in [1.807, 2.05) is 48.7 Å². The van der Waals surface area contributed by atoms with Crippen LogP contribution in [0.1, 0.15) is 28.6 Å². The zero-order valence-corrected chi connectivity index (χ0v) is 15.0. The Morgan fingerprint density at radius 3 is 2.50 bits per heavy atom. The van der Waals surface area contributed by atoms with Crippen LogP contribution in [0.15, 0.2) is 30.3 Å². The van der Waals surface area contributed by atoms with Crippen LogP contribution >= 0.6 is 0 Å². The van der Waals surface area contributed by atoms with Crippen LogP contribution in [0.2, 0.25) is 0 Å². The molecule has 5 nitrogen and oxygen atoms in total. The van der Waals surface area contributed by atoms with E-state index in [1.54, 1.807) is 0 Å². The van der Waals surface area contributed by atoms with E-state index >= 15 is 0 Å². The number of hydrogen-bond donors (Lipinski definition) is 0. The molecule has 5 heteroatoms. The Balaban J connectivity index is 1.84. The highest BCUT2D eigenvalue weighted by molar-refractivity contribution is 5.80. The smallest absolute Gasteiger partial charge is 0.227 e. The zero-order chi connectivity index (χ0) is 17.3. The first-order chi connectivity index (χ1) is 11.5. The van der Waals surface area contributed by atoms with E-state index in [4.69, 9.17) is 0 Å². The van der Waals surface area contributed by atoms with E-state index in [0.29, 0.717) is 6.42 Å². The topological polar surface area (TPSA) is 41.4 Å². The molecule has 1 aliphatic heterocycles. The summed E-state index contributed by atoms with van der Waals surface area (Å²) in [5.74, 6) is 0.191. The normalized spacial score (nSPS) is 18.8. The lowest BCUT2D eigenvalue weighted by Crippen LogP contribution is -2.49. The van der Waals surface area contributed by atoms with Crippen LogP contribution in [0.25, 0.3) is 0 Å². The molecule has 1 aliphatic rings. The van der Waals surface area contributed by atoms with Gasteiger partial charge in [-0.25, -0.2) is 0 Å². The molecule has 2 heterocycles. The van der Waals surface area contributed by atoms with E-state index in [1.165, 1.54) is 5.56 Å². The van der Waals surface area contributed by atoms with Gasteiger partial charge in [0, 0.05) is 37.9 Å². The largest absolute Gasteiger partial charge is 0.333 e. The highest BCUT2D eigenvalue weighted by Gasteiger charge is 2.30. The predicted octanol–water partition coefficient (Wildman–Crippen LogP) is 2.09. The number of benzene rings is 1. The maximum absolute atomic E-state index is 13.0. The number of nitrogens with zero attached hydrogens (tertiary/aromatic N) is 4. The third-order valence-electron chi connectivity index (χ3n) is 5.08. The minimum atomic E-state index is 0.120. The lowest BCUT2D eigenvalue weighted by atomic mass is 10.0. The fraction of sp³-hybridized carbons (Fsp3) is 0.474. The molecule has 1 atom stereocenters. The molecule has 24 heavy (non-hydrogen) atoms. The van der Waals surface area contributed by atoms with Crippen molar-refractivity contribution in [2.45, 2.75) is 26.3 Å². The molecule has 0 aliphatic carbocycles. The fourth-order valence-corrected chi connectivity index (χ4v) is 3.50. The molecule has 0 spiro atoms. The lowest BCUT2D eigenvalue weighted by Gasteiger charge is -2.40. The second-order valence-corrected chi connectivity index (χ2v) is 6.73. The van der Waals surface area contributed by atoms with Crippen LogP contribution < -0.4 is 0 Å². The highest BCUT2D eigenvalue weighted by atomic mass is 16.2. The molecule has 0 bridgehead atoms. The molecule has 3 rings (SSSR count).